The minimum Gasteiger partial charge on any atom is -0.497 e. The van der Waals surface area contributed by atoms with Gasteiger partial charge in [-0.15, -0.1) is 0 Å². The normalized spacial score (nSPS) is 16.0. The highest BCUT2D eigenvalue weighted by atomic mass is 16.5. The van der Waals surface area contributed by atoms with Crippen LogP contribution < -0.4 is 10.1 Å². The van der Waals surface area contributed by atoms with E-state index in [1.54, 1.807) is 24.1 Å². The van der Waals surface area contributed by atoms with E-state index in [9.17, 15) is 4.79 Å². The predicted molar refractivity (Wildman–Crippen MR) is 121 cm³/mol. The Bertz CT molecular complexity index is 1110. The molecule has 2 aromatic heterocycles. The molecular formula is C24H27N5O3. The summed E-state index contributed by atoms with van der Waals surface area (Å²) in [4.78, 5) is 28.4. The smallest absolute Gasteiger partial charge is 0.254 e. The summed E-state index contributed by atoms with van der Waals surface area (Å²) in [5.41, 5.74) is 4.82. The molecule has 1 fully saturated rings. The van der Waals surface area contributed by atoms with Gasteiger partial charge in [0.25, 0.3) is 5.91 Å². The van der Waals surface area contributed by atoms with Crippen LogP contribution in [0.2, 0.25) is 0 Å². The monoisotopic (exact) mass is 433 g/mol. The fourth-order valence-corrected chi connectivity index (χ4v) is 3.79. The highest BCUT2D eigenvalue weighted by Gasteiger charge is 2.27. The lowest BCUT2D eigenvalue weighted by Crippen LogP contribution is -2.42. The molecule has 0 saturated carbocycles. The molecule has 1 atom stereocenters. The zero-order chi connectivity index (χ0) is 22.7. The van der Waals surface area contributed by atoms with Gasteiger partial charge in [0.15, 0.2) is 0 Å². The molecule has 0 unspecified atom stereocenters. The largest absolute Gasteiger partial charge is 0.497 e. The van der Waals surface area contributed by atoms with Crippen LogP contribution in [-0.2, 0) is 4.74 Å². The molecule has 8 nitrogen and oxygen atoms in total. The minimum absolute atomic E-state index is 0.0492. The molecule has 1 aromatic carbocycles. The Morgan fingerprint density at radius 1 is 1.06 bits per heavy atom. The molecule has 3 aromatic rings. The fraction of sp³-hybridized carbons (Fsp3) is 0.333. The molecule has 1 saturated heterocycles. The van der Waals surface area contributed by atoms with Crippen molar-refractivity contribution in [2.45, 2.75) is 26.9 Å². The van der Waals surface area contributed by atoms with E-state index in [0.29, 0.717) is 37.0 Å². The summed E-state index contributed by atoms with van der Waals surface area (Å²) >= 11 is 0. The quantitative estimate of drug-likeness (QED) is 0.655. The van der Waals surface area contributed by atoms with Gasteiger partial charge in [0.05, 0.1) is 26.0 Å². The van der Waals surface area contributed by atoms with Gasteiger partial charge in [-0.25, -0.2) is 9.97 Å². The van der Waals surface area contributed by atoms with E-state index in [2.05, 4.69) is 20.3 Å². The Morgan fingerprint density at radius 3 is 2.56 bits per heavy atom. The molecule has 8 heteroatoms. The van der Waals surface area contributed by atoms with Crippen LogP contribution in [-0.4, -0.2) is 52.6 Å². The van der Waals surface area contributed by atoms with Crippen molar-refractivity contribution < 1.29 is 14.3 Å². The van der Waals surface area contributed by atoms with Crippen LogP contribution >= 0.6 is 0 Å². The zero-order valence-corrected chi connectivity index (χ0v) is 18.8. The van der Waals surface area contributed by atoms with Crippen molar-refractivity contribution in [3.63, 3.8) is 0 Å². The van der Waals surface area contributed by atoms with Gasteiger partial charge in [0.2, 0.25) is 5.95 Å². The minimum atomic E-state index is -0.320. The van der Waals surface area contributed by atoms with Crippen molar-refractivity contribution in [3.05, 3.63) is 70.8 Å². The Kier molecular flexibility index (Phi) is 6.32. The number of nitrogens with one attached hydrogen (secondary N) is 1. The van der Waals surface area contributed by atoms with Crippen molar-refractivity contribution in [2.24, 2.45) is 0 Å². The topological polar surface area (TPSA) is 89.5 Å². The zero-order valence-electron chi connectivity index (χ0n) is 18.8. The number of hydrogen-bond donors (Lipinski definition) is 1. The molecule has 0 spiro atoms. The van der Waals surface area contributed by atoms with Crippen LogP contribution in [0, 0.1) is 20.8 Å². The van der Waals surface area contributed by atoms with E-state index < -0.39 is 0 Å². The second-order valence-corrected chi connectivity index (χ2v) is 7.86. The Morgan fingerprint density at radius 2 is 1.81 bits per heavy atom. The van der Waals surface area contributed by atoms with Gasteiger partial charge in [-0.3, -0.25) is 9.78 Å². The second kappa shape index (κ2) is 9.32. The maximum absolute atomic E-state index is 13.0. The first kappa shape index (κ1) is 21.7. The number of nitrogens with zero attached hydrogens (tertiary/aromatic N) is 4. The summed E-state index contributed by atoms with van der Waals surface area (Å²) in [5, 5.41) is 3.27. The van der Waals surface area contributed by atoms with Gasteiger partial charge >= 0.3 is 0 Å². The van der Waals surface area contributed by atoms with E-state index in [1.165, 1.54) is 0 Å². The van der Waals surface area contributed by atoms with Crippen LogP contribution in [0.15, 0.2) is 42.5 Å². The lowest BCUT2D eigenvalue weighted by molar-refractivity contribution is -0.0247. The van der Waals surface area contributed by atoms with Gasteiger partial charge in [-0.05, 0) is 57.2 Å². The number of aromatic nitrogens is 3. The van der Waals surface area contributed by atoms with Crippen LogP contribution in [0.25, 0.3) is 0 Å². The molecule has 1 amide bonds. The number of morpholine rings is 1. The van der Waals surface area contributed by atoms with Crippen LogP contribution in [0.4, 0.5) is 11.6 Å². The number of hydrogen-bond acceptors (Lipinski definition) is 7. The summed E-state index contributed by atoms with van der Waals surface area (Å²) in [5.74, 6) is 1.15. The highest BCUT2D eigenvalue weighted by Crippen LogP contribution is 2.26. The van der Waals surface area contributed by atoms with E-state index in [4.69, 9.17) is 9.47 Å². The number of pyridine rings is 1. The summed E-state index contributed by atoms with van der Waals surface area (Å²) in [6.07, 6.45) is -0.320. The molecular weight excluding hydrogens is 406 g/mol. The Labute approximate surface area is 187 Å². The van der Waals surface area contributed by atoms with Crippen LogP contribution in [0.5, 0.6) is 5.75 Å². The lowest BCUT2D eigenvalue weighted by atomic mass is 10.1. The SMILES string of the molecule is COc1cccc(C(=O)N2CCO[C@@H](c3cc(Nc4nc(C)cc(C)n4)cc(C)n3)C2)c1. The third kappa shape index (κ3) is 5.03. The van der Waals surface area contributed by atoms with E-state index in [0.717, 1.165) is 28.5 Å². The number of ether oxygens (including phenoxy) is 2. The molecule has 32 heavy (non-hydrogen) atoms. The van der Waals surface area contributed by atoms with Crippen LogP contribution in [0.3, 0.4) is 0 Å². The standard InChI is InChI=1S/C24H27N5O3/c1-15-10-16(2)27-24(26-15)28-19-11-17(3)25-21(13-19)22-14-29(8-9-32-22)23(30)18-6-5-7-20(12-18)31-4/h5-7,10-13,22H,8-9,14H2,1-4H3,(H,25,26,27,28)/t22-/m1/s1. The average molecular weight is 434 g/mol. The maximum atomic E-state index is 13.0. The number of aryl methyl sites for hydroxylation is 3. The Hall–Kier alpha value is -3.52. The molecule has 0 radical (unpaired) electrons. The number of benzene rings is 1. The average Bonchev–Trinajstić information content (AvgIpc) is 2.77. The van der Waals surface area contributed by atoms with Crippen LogP contribution in [0.1, 0.15) is 39.2 Å². The number of carbonyl (C=O) groups excluding carboxylic acids is 1. The second-order valence-electron chi connectivity index (χ2n) is 7.86. The number of anilines is 2. The van der Waals surface area contributed by atoms with Gasteiger partial charge in [-0.1, -0.05) is 6.07 Å². The summed E-state index contributed by atoms with van der Waals surface area (Å²) in [7, 11) is 1.59. The van der Waals surface area contributed by atoms with Crippen molar-refractivity contribution in [1.29, 1.82) is 0 Å². The maximum Gasteiger partial charge on any atom is 0.254 e. The fourth-order valence-electron chi connectivity index (χ4n) is 3.79. The summed E-state index contributed by atoms with van der Waals surface area (Å²) in [6, 6.07) is 13.0. The summed E-state index contributed by atoms with van der Waals surface area (Å²) < 4.78 is 11.2. The Balaban J connectivity index is 1.53. The van der Waals surface area contributed by atoms with Gasteiger partial charge in [-0.2, -0.15) is 0 Å². The lowest BCUT2D eigenvalue weighted by Gasteiger charge is -2.33. The molecule has 0 bridgehead atoms. The van der Waals surface area contributed by atoms with E-state index in [1.807, 2.05) is 51.1 Å². The third-order valence-corrected chi connectivity index (χ3v) is 5.21. The first-order valence-electron chi connectivity index (χ1n) is 10.5. The summed E-state index contributed by atoms with van der Waals surface area (Å²) in [6.45, 7) is 7.20. The number of amides is 1. The molecule has 3 heterocycles. The van der Waals surface area contributed by atoms with Crippen molar-refractivity contribution in [3.8, 4) is 5.75 Å². The molecule has 1 N–H and O–H groups in total. The van der Waals surface area contributed by atoms with E-state index in [-0.39, 0.29) is 12.0 Å². The van der Waals surface area contributed by atoms with Gasteiger partial charge < -0.3 is 19.7 Å². The molecule has 1 aliphatic heterocycles. The highest BCUT2D eigenvalue weighted by molar-refractivity contribution is 5.94. The molecule has 0 aliphatic carbocycles. The van der Waals surface area contributed by atoms with E-state index >= 15 is 0 Å². The third-order valence-electron chi connectivity index (χ3n) is 5.21. The van der Waals surface area contributed by atoms with Crippen molar-refractivity contribution in [2.75, 3.05) is 32.1 Å². The first-order valence-corrected chi connectivity index (χ1v) is 10.5. The van der Waals surface area contributed by atoms with Gasteiger partial charge in [0.1, 0.15) is 11.9 Å². The number of carbonyl (C=O) groups is 1. The van der Waals surface area contributed by atoms with Crippen molar-refractivity contribution in [1.82, 2.24) is 19.9 Å². The van der Waals surface area contributed by atoms with Crippen molar-refractivity contribution >= 4 is 17.5 Å². The number of rotatable bonds is 5. The predicted octanol–water partition coefficient (Wildman–Crippen LogP) is 3.76. The first-order chi connectivity index (χ1) is 15.4. The van der Waals surface area contributed by atoms with Gasteiger partial charge in [0, 0.05) is 34.9 Å². The molecule has 166 valence electrons. The molecule has 4 rings (SSSR count). The number of methoxy groups -OCH3 is 1. The molecule has 1 aliphatic rings.